The first kappa shape index (κ1) is 13.5. The molecule has 1 aliphatic rings. The van der Waals surface area contributed by atoms with Crippen molar-refractivity contribution in [3.63, 3.8) is 0 Å². The van der Waals surface area contributed by atoms with E-state index >= 15 is 0 Å². The third-order valence-electron chi connectivity index (χ3n) is 2.84. The number of urea groups is 1. The van der Waals surface area contributed by atoms with Gasteiger partial charge in [-0.3, -0.25) is 4.79 Å². The van der Waals surface area contributed by atoms with Crippen molar-refractivity contribution in [1.29, 1.82) is 0 Å². The van der Waals surface area contributed by atoms with Crippen LogP contribution in [0.2, 0.25) is 0 Å². The van der Waals surface area contributed by atoms with E-state index in [1.807, 2.05) is 19.1 Å². The molecule has 5 nitrogen and oxygen atoms in total. The highest BCUT2D eigenvalue weighted by Gasteiger charge is 2.18. The van der Waals surface area contributed by atoms with E-state index in [2.05, 4.69) is 10.6 Å². The Bertz CT molecular complexity index is 294. The number of carbonyl (C=O) groups is 2. The largest absolute Gasteiger partial charge is 0.481 e. The Labute approximate surface area is 101 Å². The van der Waals surface area contributed by atoms with Crippen molar-refractivity contribution in [2.45, 2.75) is 38.6 Å². The van der Waals surface area contributed by atoms with E-state index < -0.39 is 11.9 Å². The molecular formula is C12H20N2O3. The van der Waals surface area contributed by atoms with Gasteiger partial charge in [-0.2, -0.15) is 0 Å². The lowest BCUT2D eigenvalue weighted by atomic mass is 10.0. The quantitative estimate of drug-likeness (QED) is 0.616. The maximum Gasteiger partial charge on any atom is 0.315 e. The zero-order chi connectivity index (χ0) is 12.7. The van der Waals surface area contributed by atoms with E-state index in [9.17, 15) is 9.59 Å². The molecule has 0 aromatic carbocycles. The summed E-state index contributed by atoms with van der Waals surface area (Å²) in [6.07, 6.45) is 7.15. The summed E-state index contributed by atoms with van der Waals surface area (Å²) in [5.41, 5.74) is 0. The predicted octanol–water partition coefficient (Wildman–Crippen LogP) is 1.51. The second-order valence-electron chi connectivity index (χ2n) is 4.32. The van der Waals surface area contributed by atoms with Crippen molar-refractivity contribution in [3.05, 3.63) is 12.2 Å². The molecule has 1 atom stereocenters. The van der Waals surface area contributed by atoms with E-state index in [1.165, 1.54) is 0 Å². The lowest BCUT2D eigenvalue weighted by Gasteiger charge is -2.15. The van der Waals surface area contributed by atoms with Gasteiger partial charge in [0.15, 0.2) is 0 Å². The van der Waals surface area contributed by atoms with Crippen LogP contribution in [0.25, 0.3) is 0 Å². The summed E-state index contributed by atoms with van der Waals surface area (Å²) in [5.74, 6) is -1.35. The van der Waals surface area contributed by atoms with Crippen molar-refractivity contribution in [2.75, 3.05) is 6.54 Å². The third kappa shape index (κ3) is 4.89. The normalized spacial score (nSPS) is 16.8. The van der Waals surface area contributed by atoms with Crippen molar-refractivity contribution in [2.24, 2.45) is 5.92 Å². The average Bonchev–Trinajstić information content (AvgIpc) is 2.76. The molecule has 0 aliphatic heterocycles. The second-order valence-corrected chi connectivity index (χ2v) is 4.32. The Hall–Kier alpha value is -1.52. The van der Waals surface area contributed by atoms with Gasteiger partial charge in [-0.05, 0) is 19.3 Å². The van der Waals surface area contributed by atoms with Gasteiger partial charge in [-0.1, -0.05) is 25.5 Å². The van der Waals surface area contributed by atoms with Gasteiger partial charge in [0.1, 0.15) is 0 Å². The number of amides is 2. The fourth-order valence-corrected chi connectivity index (χ4v) is 1.85. The molecule has 3 N–H and O–H groups in total. The van der Waals surface area contributed by atoms with Gasteiger partial charge in [0.2, 0.25) is 0 Å². The lowest BCUT2D eigenvalue weighted by molar-refractivity contribution is -0.141. The fraction of sp³-hybridized carbons (Fsp3) is 0.667. The van der Waals surface area contributed by atoms with Gasteiger partial charge < -0.3 is 15.7 Å². The molecule has 96 valence electrons. The minimum Gasteiger partial charge on any atom is -0.481 e. The minimum atomic E-state index is -0.852. The maximum atomic E-state index is 11.5. The molecule has 0 aromatic rings. The number of nitrogens with one attached hydrogen (secondary N) is 2. The van der Waals surface area contributed by atoms with Gasteiger partial charge >= 0.3 is 12.0 Å². The number of carboxylic acids is 1. The van der Waals surface area contributed by atoms with Gasteiger partial charge in [0.05, 0.1) is 5.92 Å². The Balaban J connectivity index is 2.23. The smallest absolute Gasteiger partial charge is 0.315 e. The van der Waals surface area contributed by atoms with Crippen LogP contribution in [0.3, 0.4) is 0 Å². The Morgan fingerprint density at radius 2 is 2.06 bits per heavy atom. The molecule has 0 radical (unpaired) electrons. The van der Waals surface area contributed by atoms with Crippen LogP contribution in [0.15, 0.2) is 12.2 Å². The molecule has 0 bridgehead atoms. The first-order valence-electron chi connectivity index (χ1n) is 6.05. The zero-order valence-corrected chi connectivity index (χ0v) is 10.1. The van der Waals surface area contributed by atoms with Crippen molar-refractivity contribution in [1.82, 2.24) is 10.6 Å². The molecule has 1 unspecified atom stereocenters. The Morgan fingerprint density at radius 3 is 2.59 bits per heavy atom. The van der Waals surface area contributed by atoms with Crippen LogP contribution in [0, 0.1) is 5.92 Å². The molecule has 17 heavy (non-hydrogen) atoms. The van der Waals surface area contributed by atoms with Crippen LogP contribution >= 0.6 is 0 Å². The van der Waals surface area contributed by atoms with Crippen LogP contribution < -0.4 is 10.6 Å². The summed E-state index contributed by atoms with van der Waals surface area (Å²) in [7, 11) is 0. The van der Waals surface area contributed by atoms with Crippen LogP contribution in [-0.4, -0.2) is 29.7 Å². The van der Waals surface area contributed by atoms with Gasteiger partial charge in [-0.25, -0.2) is 4.79 Å². The molecule has 0 saturated heterocycles. The molecule has 5 heteroatoms. The van der Waals surface area contributed by atoms with Crippen molar-refractivity contribution < 1.29 is 14.7 Å². The molecule has 0 spiro atoms. The molecule has 2 amide bonds. The summed E-state index contributed by atoms with van der Waals surface area (Å²) >= 11 is 0. The first-order chi connectivity index (χ1) is 8.13. The van der Waals surface area contributed by atoms with E-state index in [0.29, 0.717) is 6.42 Å². The lowest BCUT2D eigenvalue weighted by Crippen LogP contribution is -2.43. The third-order valence-corrected chi connectivity index (χ3v) is 2.84. The number of carbonyl (C=O) groups excluding carboxylic acids is 1. The molecule has 1 rings (SSSR count). The number of carboxylic acid groups (broad SMARTS) is 1. The van der Waals surface area contributed by atoms with E-state index in [4.69, 9.17) is 5.11 Å². The number of hydrogen-bond donors (Lipinski definition) is 3. The number of hydrogen-bond acceptors (Lipinski definition) is 2. The molecule has 0 heterocycles. The van der Waals surface area contributed by atoms with Crippen LogP contribution in [0.5, 0.6) is 0 Å². The number of aliphatic carboxylic acids is 1. The molecule has 0 aromatic heterocycles. The molecular weight excluding hydrogens is 220 g/mol. The van der Waals surface area contributed by atoms with Crippen LogP contribution in [-0.2, 0) is 4.79 Å². The standard InChI is InChI=1S/C12H20N2O3/c1-2-5-9(11(15)16)8-13-12(17)14-10-6-3-4-7-10/h3-4,9-10H,2,5-8H2,1H3,(H,15,16)(H2,13,14,17). The van der Waals surface area contributed by atoms with E-state index in [-0.39, 0.29) is 18.6 Å². The predicted molar refractivity (Wildman–Crippen MR) is 64.7 cm³/mol. The summed E-state index contributed by atoms with van der Waals surface area (Å²) in [6.45, 7) is 2.12. The Morgan fingerprint density at radius 1 is 1.41 bits per heavy atom. The zero-order valence-electron chi connectivity index (χ0n) is 10.1. The summed E-state index contributed by atoms with van der Waals surface area (Å²) in [5, 5.41) is 14.3. The first-order valence-corrected chi connectivity index (χ1v) is 6.05. The summed E-state index contributed by atoms with van der Waals surface area (Å²) in [4.78, 5) is 22.4. The molecule has 0 saturated carbocycles. The molecule has 0 fully saturated rings. The number of rotatable bonds is 6. The topological polar surface area (TPSA) is 78.4 Å². The highest BCUT2D eigenvalue weighted by Crippen LogP contribution is 2.09. The maximum absolute atomic E-state index is 11.5. The second kappa shape index (κ2) is 6.93. The summed E-state index contributed by atoms with van der Waals surface area (Å²) < 4.78 is 0. The highest BCUT2D eigenvalue weighted by molar-refractivity contribution is 5.76. The summed E-state index contributed by atoms with van der Waals surface area (Å²) in [6, 6.07) is -0.120. The van der Waals surface area contributed by atoms with E-state index in [1.54, 1.807) is 0 Å². The molecule has 1 aliphatic carbocycles. The minimum absolute atomic E-state index is 0.157. The van der Waals surface area contributed by atoms with Crippen molar-refractivity contribution in [3.8, 4) is 0 Å². The highest BCUT2D eigenvalue weighted by atomic mass is 16.4. The average molecular weight is 240 g/mol. The Kier molecular flexibility index (Phi) is 5.52. The van der Waals surface area contributed by atoms with Gasteiger partial charge in [0, 0.05) is 12.6 Å². The SMILES string of the molecule is CCCC(CNC(=O)NC1CC=CC1)C(=O)O. The van der Waals surface area contributed by atoms with Crippen LogP contribution in [0.1, 0.15) is 32.6 Å². The monoisotopic (exact) mass is 240 g/mol. The van der Waals surface area contributed by atoms with Gasteiger partial charge in [0.25, 0.3) is 0 Å². The van der Waals surface area contributed by atoms with E-state index in [0.717, 1.165) is 19.3 Å². The van der Waals surface area contributed by atoms with Gasteiger partial charge in [-0.15, -0.1) is 0 Å². The van der Waals surface area contributed by atoms with Crippen molar-refractivity contribution >= 4 is 12.0 Å². The fourth-order valence-electron chi connectivity index (χ4n) is 1.85. The van der Waals surface area contributed by atoms with Crippen LogP contribution in [0.4, 0.5) is 4.79 Å².